The van der Waals surface area contributed by atoms with Crippen molar-refractivity contribution in [1.29, 1.82) is 0 Å². The maximum atomic E-state index is 5.60. The number of nitrogens with one attached hydrogen (secondary N) is 1. The van der Waals surface area contributed by atoms with Crippen molar-refractivity contribution in [3.63, 3.8) is 0 Å². The van der Waals surface area contributed by atoms with E-state index in [4.69, 9.17) is 11.5 Å². The van der Waals surface area contributed by atoms with Crippen LogP contribution in [0.4, 0.5) is 0 Å². The molecule has 3 nitrogen and oxygen atoms in total. The molecule has 0 aromatic heterocycles. The molecule has 0 saturated carbocycles. The predicted octanol–water partition coefficient (Wildman–Crippen LogP) is -0.0919. The van der Waals surface area contributed by atoms with Crippen molar-refractivity contribution < 1.29 is 0 Å². The summed E-state index contributed by atoms with van der Waals surface area (Å²) in [7, 11) is 0. The molecule has 0 aromatic carbocycles. The zero-order valence-corrected chi connectivity index (χ0v) is 7.64. The molecule has 0 fully saturated rings. The Hall–Kier alpha value is -0.120. The van der Waals surface area contributed by atoms with Gasteiger partial charge in [0, 0.05) is 19.1 Å². The van der Waals surface area contributed by atoms with Crippen LogP contribution in [-0.2, 0) is 0 Å². The minimum atomic E-state index is 0.113. The van der Waals surface area contributed by atoms with Gasteiger partial charge in [-0.2, -0.15) is 0 Å². The van der Waals surface area contributed by atoms with E-state index in [1.165, 1.54) is 6.42 Å². The third-order valence-corrected chi connectivity index (χ3v) is 1.61. The lowest BCUT2D eigenvalue weighted by atomic mass is 10.1. The van der Waals surface area contributed by atoms with Crippen LogP contribution >= 0.6 is 0 Å². The molecule has 0 aliphatic heterocycles. The maximum absolute atomic E-state index is 5.60. The summed E-state index contributed by atoms with van der Waals surface area (Å²) in [5.74, 6) is 0.761. The molecule has 0 heterocycles. The van der Waals surface area contributed by atoms with E-state index in [1.807, 2.05) is 0 Å². The monoisotopic (exact) mass is 159 g/mol. The molecule has 0 saturated heterocycles. The van der Waals surface area contributed by atoms with E-state index in [0.717, 1.165) is 19.0 Å². The van der Waals surface area contributed by atoms with Gasteiger partial charge >= 0.3 is 0 Å². The van der Waals surface area contributed by atoms with Gasteiger partial charge in [-0.1, -0.05) is 13.8 Å². The van der Waals surface area contributed by atoms with E-state index in [-0.39, 0.29) is 6.04 Å². The number of hydrogen-bond donors (Lipinski definition) is 3. The summed E-state index contributed by atoms with van der Waals surface area (Å²) in [6.45, 7) is 6.87. The molecule has 1 unspecified atom stereocenters. The molecule has 1 atom stereocenters. The molecule has 0 rings (SSSR count). The first kappa shape index (κ1) is 10.9. The van der Waals surface area contributed by atoms with Gasteiger partial charge in [0.25, 0.3) is 0 Å². The van der Waals surface area contributed by atoms with Crippen molar-refractivity contribution in [3.05, 3.63) is 0 Å². The number of nitrogens with two attached hydrogens (primary N) is 2. The Morgan fingerprint density at radius 2 is 2.00 bits per heavy atom. The van der Waals surface area contributed by atoms with E-state index in [9.17, 15) is 0 Å². The van der Waals surface area contributed by atoms with Crippen LogP contribution in [0.3, 0.4) is 0 Å². The predicted molar refractivity (Wildman–Crippen MR) is 49.4 cm³/mol. The summed E-state index contributed by atoms with van der Waals surface area (Å²) in [6.07, 6.45) is 1.21. The van der Waals surface area contributed by atoms with Crippen molar-refractivity contribution in [3.8, 4) is 0 Å². The SMILES string of the molecule is CC(C)CCNCC(N)CN. The zero-order valence-electron chi connectivity index (χ0n) is 7.64. The lowest BCUT2D eigenvalue weighted by Crippen LogP contribution is -2.40. The largest absolute Gasteiger partial charge is 0.329 e. The Kier molecular flexibility index (Phi) is 6.51. The Morgan fingerprint density at radius 1 is 1.36 bits per heavy atom. The van der Waals surface area contributed by atoms with Crippen LogP contribution in [0.15, 0.2) is 0 Å². The van der Waals surface area contributed by atoms with Gasteiger partial charge in [-0.25, -0.2) is 0 Å². The van der Waals surface area contributed by atoms with Crippen molar-refractivity contribution in [2.75, 3.05) is 19.6 Å². The standard InChI is InChI=1S/C8H21N3/c1-7(2)3-4-11-6-8(10)5-9/h7-8,11H,3-6,9-10H2,1-2H3. The minimum Gasteiger partial charge on any atom is -0.329 e. The molecule has 68 valence electrons. The topological polar surface area (TPSA) is 64.1 Å². The molecule has 0 aliphatic carbocycles. The van der Waals surface area contributed by atoms with E-state index >= 15 is 0 Å². The minimum absolute atomic E-state index is 0.113. The van der Waals surface area contributed by atoms with Gasteiger partial charge in [-0.15, -0.1) is 0 Å². The normalized spacial score (nSPS) is 13.9. The second-order valence-electron chi connectivity index (χ2n) is 3.38. The van der Waals surface area contributed by atoms with Gasteiger partial charge < -0.3 is 16.8 Å². The van der Waals surface area contributed by atoms with E-state index < -0.39 is 0 Å². The third kappa shape index (κ3) is 7.78. The van der Waals surface area contributed by atoms with Gasteiger partial charge in [0.05, 0.1) is 0 Å². The smallest absolute Gasteiger partial charge is 0.0290 e. The van der Waals surface area contributed by atoms with E-state index in [1.54, 1.807) is 0 Å². The van der Waals surface area contributed by atoms with Gasteiger partial charge in [0.15, 0.2) is 0 Å². The summed E-state index contributed by atoms with van der Waals surface area (Å²) in [6, 6.07) is 0.113. The van der Waals surface area contributed by atoms with Crippen molar-refractivity contribution in [2.45, 2.75) is 26.3 Å². The summed E-state index contributed by atoms with van der Waals surface area (Å²) in [4.78, 5) is 0. The third-order valence-electron chi connectivity index (χ3n) is 1.61. The fourth-order valence-corrected chi connectivity index (χ4v) is 0.762. The zero-order chi connectivity index (χ0) is 8.69. The first-order chi connectivity index (χ1) is 5.16. The van der Waals surface area contributed by atoms with Crippen molar-refractivity contribution in [1.82, 2.24) is 5.32 Å². The number of rotatable bonds is 6. The van der Waals surface area contributed by atoms with Crippen LogP contribution < -0.4 is 16.8 Å². The molecule has 11 heavy (non-hydrogen) atoms. The fourth-order valence-electron chi connectivity index (χ4n) is 0.762. The van der Waals surface area contributed by atoms with Crippen molar-refractivity contribution in [2.24, 2.45) is 17.4 Å². The van der Waals surface area contributed by atoms with Gasteiger partial charge in [0.2, 0.25) is 0 Å². The molecule has 0 aliphatic rings. The molecule has 0 spiro atoms. The highest BCUT2D eigenvalue weighted by Gasteiger charge is 1.97. The van der Waals surface area contributed by atoms with Crippen LogP contribution in [0, 0.1) is 5.92 Å². The fraction of sp³-hybridized carbons (Fsp3) is 1.00. The summed E-state index contributed by atoms with van der Waals surface area (Å²) in [5, 5.41) is 3.26. The van der Waals surface area contributed by atoms with Gasteiger partial charge in [-0.3, -0.25) is 0 Å². The van der Waals surface area contributed by atoms with E-state index in [0.29, 0.717) is 6.54 Å². The summed E-state index contributed by atoms with van der Waals surface area (Å²) in [5.41, 5.74) is 11.0. The lowest BCUT2D eigenvalue weighted by Gasteiger charge is -2.10. The highest BCUT2D eigenvalue weighted by Crippen LogP contribution is 1.95. The summed E-state index contributed by atoms with van der Waals surface area (Å²) >= 11 is 0. The molecule has 0 aromatic rings. The quantitative estimate of drug-likeness (QED) is 0.475. The molecular formula is C8H21N3. The van der Waals surface area contributed by atoms with Crippen LogP contribution in [0.5, 0.6) is 0 Å². The Morgan fingerprint density at radius 3 is 2.45 bits per heavy atom. The maximum Gasteiger partial charge on any atom is 0.0290 e. The van der Waals surface area contributed by atoms with E-state index in [2.05, 4.69) is 19.2 Å². The Bertz CT molecular complexity index is 83.4. The summed E-state index contributed by atoms with van der Waals surface area (Å²) < 4.78 is 0. The van der Waals surface area contributed by atoms with Gasteiger partial charge in [0.1, 0.15) is 0 Å². The highest BCUT2D eigenvalue weighted by molar-refractivity contribution is 4.64. The van der Waals surface area contributed by atoms with Crippen molar-refractivity contribution >= 4 is 0 Å². The average Bonchev–Trinajstić information content (AvgIpc) is 1.97. The molecular weight excluding hydrogens is 138 g/mol. The Balaban J connectivity index is 3.01. The highest BCUT2D eigenvalue weighted by atomic mass is 14.9. The second kappa shape index (κ2) is 6.58. The molecule has 3 heteroatoms. The first-order valence-corrected chi connectivity index (χ1v) is 4.33. The molecule has 0 radical (unpaired) electrons. The molecule has 0 amide bonds. The molecule has 5 N–H and O–H groups in total. The van der Waals surface area contributed by atoms with Crippen LogP contribution in [0.2, 0.25) is 0 Å². The average molecular weight is 159 g/mol. The van der Waals surface area contributed by atoms with Gasteiger partial charge in [-0.05, 0) is 18.9 Å². The number of hydrogen-bond acceptors (Lipinski definition) is 3. The Labute approximate surface area is 69.5 Å². The lowest BCUT2D eigenvalue weighted by molar-refractivity contribution is 0.513. The molecule has 0 bridgehead atoms. The first-order valence-electron chi connectivity index (χ1n) is 4.33. The van der Waals surface area contributed by atoms with Crippen LogP contribution in [0.25, 0.3) is 0 Å². The second-order valence-corrected chi connectivity index (χ2v) is 3.38. The van der Waals surface area contributed by atoms with Crippen LogP contribution in [0.1, 0.15) is 20.3 Å². The van der Waals surface area contributed by atoms with Crippen LogP contribution in [-0.4, -0.2) is 25.7 Å².